The molecule has 0 aliphatic rings. The minimum absolute atomic E-state index is 0.0728. The van der Waals surface area contributed by atoms with Crippen LogP contribution in [-0.4, -0.2) is 92.8 Å². The fourth-order valence-corrected chi connectivity index (χ4v) is 6.94. The first-order valence-corrected chi connectivity index (χ1v) is 25.5. The highest BCUT2D eigenvalue weighted by Gasteiger charge is 2.28. The first-order chi connectivity index (χ1) is 29.2. The van der Waals surface area contributed by atoms with Gasteiger partial charge >= 0.3 is 27.6 Å². The third kappa shape index (κ3) is 41.8. The summed E-state index contributed by atoms with van der Waals surface area (Å²) in [5.41, 5.74) is 0. The van der Waals surface area contributed by atoms with Crippen LogP contribution in [0.5, 0.6) is 0 Å². The maximum atomic E-state index is 12.7. The van der Waals surface area contributed by atoms with E-state index >= 15 is 0 Å². The Bertz CT molecular complexity index is 1300. The van der Waals surface area contributed by atoms with Crippen LogP contribution in [0.2, 0.25) is 0 Å². The summed E-state index contributed by atoms with van der Waals surface area (Å²) in [7, 11) is -9.74. The molecule has 17 heteroatoms. The molecule has 0 spiro atoms. The highest BCUT2D eigenvalue weighted by molar-refractivity contribution is 7.47. The number of aliphatic hydroxyl groups excluding tert-OH is 3. The summed E-state index contributed by atoms with van der Waals surface area (Å²) in [6.45, 7) is 1.47. The summed E-state index contributed by atoms with van der Waals surface area (Å²) >= 11 is 0. The average Bonchev–Trinajstić information content (AvgIpc) is 3.21. The molecule has 1 unspecified atom stereocenters. The van der Waals surface area contributed by atoms with Gasteiger partial charge in [0.1, 0.15) is 12.7 Å². The van der Waals surface area contributed by atoms with Gasteiger partial charge in [0.25, 0.3) is 0 Å². The van der Waals surface area contributed by atoms with Crippen molar-refractivity contribution in [2.75, 3.05) is 26.4 Å². The maximum Gasteiger partial charge on any atom is 0.472 e. The molecule has 0 heterocycles. The second-order valence-electron chi connectivity index (χ2n) is 15.3. The maximum absolute atomic E-state index is 12.7. The van der Waals surface area contributed by atoms with Gasteiger partial charge in [0.15, 0.2) is 6.10 Å². The number of hydrogen-bond donors (Lipinski definition) is 6. The van der Waals surface area contributed by atoms with Crippen LogP contribution in [0.15, 0.2) is 48.6 Å². The first-order valence-electron chi connectivity index (χ1n) is 22.5. The lowest BCUT2D eigenvalue weighted by Crippen LogP contribution is -2.30. The molecular weight excluding hydrogens is 830 g/mol. The van der Waals surface area contributed by atoms with E-state index in [1.54, 1.807) is 0 Å². The van der Waals surface area contributed by atoms with Gasteiger partial charge in [-0.05, 0) is 77.0 Å². The van der Waals surface area contributed by atoms with Crippen LogP contribution in [0.4, 0.5) is 0 Å². The number of aliphatic hydroxyl groups is 3. The number of rotatable bonds is 42. The summed E-state index contributed by atoms with van der Waals surface area (Å²) in [5, 5.41) is 30.2. The van der Waals surface area contributed by atoms with E-state index in [-0.39, 0.29) is 12.8 Å². The first kappa shape index (κ1) is 59.0. The summed E-state index contributed by atoms with van der Waals surface area (Å²) in [5.74, 6) is -1.17. The Labute approximate surface area is 365 Å². The van der Waals surface area contributed by atoms with Gasteiger partial charge in [-0.3, -0.25) is 23.2 Å². The number of phosphoric ester groups is 2. The van der Waals surface area contributed by atoms with Crippen molar-refractivity contribution in [2.24, 2.45) is 0 Å². The number of allylic oxidation sites excluding steroid dienone is 7. The fourth-order valence-electron chi connectivity index (χ4n) is 5.79. The number of unbranched alkanes of at least 4 members (excludes halogenated alkanes) is 14. The lowest BCUT2D eigenvalue weighted by molar-refractivity contribution is -0.161. The van der Waals surface area contributed by atoms with Gasteiger partial charge in [-0.15, -0.1) is 0 Å². The molecule has 0 aliphatic heterocycles. The van der Waals surface area contributed by atoms with E-state index < -0.39 is 78.4 Å². The predicted molar refractivity (Wildman–Crippen MR) is 237 cm³/mol. The average molecular weight is 911 g/mol. The highest BCUT2D eigenvalue weighted by Crippen LogP contribution is 2.43. The standard InChI is InChI=1S/C44H80O15P2/c1-3-5-7-9-11-12-13-14-15-16-17-18-19-20-21-25-30-34-44(49)59-40(38-58-61(53,54)57-36-39(45)35-56-60(50,51)52)37-55-43(48)33-29-26-22-24-28-32-42(47)41(46)31-27-23-10-8-6-4-2/h11-12,14-15,17-18,23,27,39-42,45-47H,3-10,13,16,19-22,24-26,28-38H2,1-2H3,(H,53,54)(H2,50,51,52)/b12-11-,15-14-,18-17-,27-23-/t39-,40+,41+,42+/m0/s1. The number of hydrogen-bond acceptors (Lipinski definition) is 12. The van der Waals surface area contributed by atoms with Crippen molar-refractivity contribution in [3.63, 3.8) is 0 Å². The van der Waals surface area contributed by atoms with Gasteiger partial charge in [0, 0.05) is 12.8 Å². The van der Waals surface area contributed by atoms with Crippen molar-refractivity contribution in [3.05, 3.63) is 48.6 Å². The minimum atomic E-state index is -4.89. The SMILES string of the molecule is CCCCC/C=C\C/C=C\C/C=C\CCCCCCC(=O)O[C@H](COC(=O)CCCCCCC[C@@H](O)[C@H](O)C/C=C\CCCCC)COP(=O)(O)OC[C@@H](O)COP(=O)(O)O. The van der Waals surface area contributed by atoms with Crippen molar-refractivity contribution in [1.82, 2.24) is 0 Å². The Hall–Kier alpha value is -2.00. The molecule has 0 saturated carbocycles. The molecule has 0 aliphatic carbocycles. The molecule has 0 rings (SSSR count). The lowest BCUT2D eigenvalue weighted by atomic mass is 10.0. The Kier molecular flexibility index (Phi) is 38.3. The van der Waals surface area contributed by atoms with E-state index in [0.29, 0.717) is 25.7 Å². The Morgan fingerprint density at radius 1 is 0.525 bits per heavy atom. The number of carbonyl (C=O) groups excluding carboxylic acids is 2. The van der Waals surface area contributed by atoms with Gasteiger partial charge in [-0.25, -0.2) is 9.13 Å². The van der Waals surface area contributed by atoms with Crippen LogP contribution < -0.4 is 0 Å². The third-order valence-electron chi connectivity index (χ3n) is 9.38. The summed E-state index contributed by atoms with van der Waals surface area (Å²) in [6, 6.07) is 0. The molecule has 0 saturated heterocycles. The van der Waals surface area contributed by atoms with Gasteiger partial charge in [0.2, 0.25) is 0 Å². The minimum Gasteiger partial charge on any atom is -0.462 e. The summed E-state index contributed by atoms with van der Waals surface area (Å²) in [4.78, 5) is 52.7. The molecule has 0 radical (unpaired) electrons. The van der Waals surface area contributed by atoms with E-state index in [4.69, 9.17) is 23.8 Å². The van der Waals surface area contributed by atoms with Crippen molar-refractivity contribution in [1.29, 1.82) is 0 Å². The zero-order valence-electron chi connectivity index (χ0n) is 37.0. The molecule has 0 aromatic rings. The van der Waals surface area contributed by atoms with Crippen LogP contribution in [0.3, 0.4) is 0 Å². The van der Waals surface area contributed by atoms with Gasteiger partial charge < -0.3 is 39.5 Å². The number of phosphoric acid groups is 2. The molecule has 0 fully saturated rings. The van der Waals surface area contributed by atoms with E-state index in [2.05, 4.69) is 65.4 Å². The third-order valence-corrected chi connectivity index (χ3v) is 10.8. The highest BCUT2D eigenvalue weighted by atomic mass is 31.2. The normalized spacial score (nSPS) is 15.5. The predicted octanol–water partition coefficient (Wildman–Crippen LogP) is 9.39. The fraction of sp³-hybridized carbons (Fsp3) is 0.773. The molecule has 0 aromatic carbocycles. The van der Waals surface area contributed by atoms with Crippen LogP contribution in [0.25, 0.3) is 0 Å². The zero-order valence-corrected chi connectivity index (χ0v) is 38.8. The summed E-state index contributed by atoms with van der Waals surface area (Å²) < 4.78 is 47.7. The molecule has 5 atom stereocenters. The van der Waals surface area contributed by atoms with Crippen molar-refractivity contribution in [3.8, 4) is 0 Å². The van der Waals surface area contributed by atoms with E-state index in [1.165, 1.54) is 25.7 Å². The smallest absolute Gasteiger partial charge is 0.462 e. The number of carbonyl (C=O) groups is 2. The van der Waals surface area contributed by atoms with E-state index in [0.717, 1.165) is 89.9 Å². The van der Waals surface area contributed by atoms with Gasteiger partial charge in [-0.2, -0.15) is 0 Å². The summed E-state index contributed by atoms with van der Waals surface area (Å²) in [6.07, 6.45) is 32.6. The molecule has 61 heavy (non-hydrogen) atoms. The topological polar surface area (TPSA) is 236 Å². The second kappa shape index (κ2) is 39.6. The molecule has 0 amide bonds. The van der Waals surface area contributed by atoms with Crippen LogP contribution in [0.1, 0.15) is 168 Å². The zero-order chi connectivity index (χ0) is 45.5. The van der Waals surface area contributed by atoms with E-state index in [9.17, 15) is 38.9 Å². The van der Waals surface area contributed by atoms with Crippen molar-refractivity contribution in [2.45, 2.75) is 192 Å². The largest absolute Gasteiger partial charge is 0.472 e. The molecule has 356 valence electrons. The second-order valence-corrected chi connectivity index (χ2v) is 18.0. The van der Waals surface area contributed by atoms with Gasteiger partial charge in [0.05, 0.1) is 32.0 Å². The molecule has 15 nitrogen and oxygen atoms in total. The van der Waals surface area contributed by atoms with Gasteiger partial charge in [-0.1, -0.05) is 127 Å². The molecular formula is C44H80O15P2. The molecule has 6 N–H and O–H groups in total. The lowest BCUT2D eigenvalue weighted by Gasteiger charge is -2.20. The van der Waals surface area contributed by atoms with Crippen LogP contribution >= 0.6 is 15.6 Å². The molecule has 0 aromatic heterocycles. The molecule has 0 bridgehead atoms. The number of ether oxygens (including phenoxy) is 2. The van der Waals surface area contributed by atoms with Crippen molar-refractivity contribution < 1.29 is 71.8 Å². The van der Waals surface area contributed by atoms with E-state index in [1.807, 2.05) is 6.08 Å². The van der Waals surface area contributed by atoms with Crippen LogP contribution in [-0.2, 0) is 41.8 Å². The quantitative estimate of drug-likeness (QED) is 0.0145. The monoisotopic (exact) mass is 910 g/mol. The number of esters is 2. The Balaban J connectivity index is 4.66. The van der Waals surface area contributed by atoms with Crippen molar-refractivity contribution >= 4 is 27.6 Å². The Morgan fingerprint density at radius 3 is 1.59 bits per heavy atom. The Morgan fingerprint density at radius 2 is 1.00 bits per heavy atom. The van der Waals surface area contributed by atoms with Crippen LogP contribution in [0, 0.1) is 0 Å².